The van der Waals surface area contributed by atoms with E-state index >= 15 is 0 Å². The average molecular weight is 256 g/mol. The van der Waals surface area contributed by atoms with Gasteiger partial charge in [0.2, 0.25) is 0 Å². The van der Waals surface area contributed by atoms with Gasteiger partial charge >= 0.3 is 0 Å². The van der Waals surface area contributed by atoms with Crippen LogP contribution in [-0.4, -0.2) is 40.5 Å². The monoisotopic (exact) mass is 256 g/mol. The van der Waals surface area contributed by atoms with Gasteiger partial charge in [0, 0.05) is 6.54 Å². The van der Waals surface area contributed by atoms with Crippen molar-refractivity contribution in [2.24, 2.45) is 10.9 Å². The van der Waals surface area contributed by atoms with Crippen molar-refractivity contribution in [2.45, 2.75) is 56.3 Å². The molecule has 0 aromatic carbocycles. The van der Waals surface area contributed by atoms with Gasteiger partial charge in [0.05, 0.1) is 18.2 Å². The SMILES string of the molecule is C[C@H](O)[C@H]1CC[C@H]2N=C(NCC3CC3)S[C@H]2O1. The molecule has 2 N–H and O–H groups in total. The standard InChI is InChI=1S/C12H20N2O2S/c1-7(15)10-5-4-9-11(16-10)17-12(14-9)13-6-8-2-3-8/h7-11,15H,2-6H2,1H3,(H,13,14)/t7-,9+,10+,11+/m0/s1. The second-order valence-corrected chi connectivity index (χ2v) is 6.39. The van der Waals surface area contributed by atoms with Crippen LogP contribution in [0.25, 0.3) is 0 Å². The minimum atomic E-state index is -0.375. The van der Waals surface area contributed by atoms with Gasteiger partial charge in [0.15, 0.2) is 5.17 Å². The molecule has 17 heavy (non-hydrogen) atoms. The number of rotatable bonds is 3. The van der Waals surface area contributed by atoms with Crippen LogP contribution in [0.3, 0.4) is 0 Å². The zero-order chi connectivity index (χ0) is 11.8. The van der Waals surface area contributed by atoms with E-state index in [-0.39, 0.29) is 23.7 Å². The smallest absolute Gasteiger partial charge is 0.159 e. The highest BCUT2D eigenvalue weighted by Crippen LogP contribution is 2.36. The molecule has 2 aliphatic heterocycles. The molecule has 0 unspecified atom stereocenters. The summed E-state index contributed by atoms with van der Waals surface area (Å²) in [6.07, 6.45) is 4.28. The van der Waals surface area contributed by atoms with E-state index in [0.717, 1.165) is 30.5 Å². The minimum absolute atomic E-state index is 0.0123. The molecule has 2 fully saturated rings. The Balaban J connectivity index is 1.51. The van der Waals surface area contributed by atoms with E-state index in [1.807, 2.05) is 0 Å². The Morgan fingerprint density at radius 3 is 3.00 bits per heavy atom. The zero-order valence-corrected chi connectivity index (χ0v) is 10.9. The maximum Gasteiger partial charge on any atom is 0.159 e. The number of nitrogens with one attached hydrogen (secondary N) is 1. The Bertz CT molecular complexity index is 318. The summed E-state index contributed by atoms with van der Waals surface area (Å²) < 4.78 is 5.88. The highest BCUT2D eigenvalue weighted by atomic mass is 32.2. The van der Waals surface area contributed by atoms with Crippen molar-refractivity contribution in [1.29, 1.82) is 0 Å². The first kappa shape index (κ1) is 11.8. The quantitative estimate of drug-likeness (QED) is 0.800. The lowest BCUT2D eigenvalue weighted by molar-refractivity contribution is -0.0729. The molecule has 0 aromatic rings. The largest absolute Gasteiger partial charge is 0.391 e. The van der Waals surface area contributed by atoms with Crippen LogP contribution in [0.15, 0.2) is 4.99 Å². The molecule has 0 bridgehead atoms. The molecule has 0 aromatic heterocycles. The number of aliphatic hydroxyl groups excluding tert-OH is 1. The summed E-state index contributed by atoms with van der Waals surface area (Å²) in [7, 11) is 0. The Morgan fingerprint density at radius 1 is 1.47 bits per heavy atom. The lowest BCUT2D eigenvalue weighted by Gasteiger charge is -2.31. The maximum atomic E-state index is 9.56. The average Bonchev–Trinajstić information content (AvgIpc) is 3.04. The van der Waals surface area contributed by atoms with Gasteiger partial charge < -0.3 is 15.2 Å². The molecular formula is C12H20N2O2S. The summed E-state index contributed by atoms with van der Waals surface area (Å²) in [6.45, 7) is 2.86. The van der Waals surface area contributed by atoms with Gasteiger partial charge in [0.25, 0.3) is 0 Å². The number of aliphatic hydroxyl groups is 1. The topological polar surface area (TPSA) is 53.9 Å². The van der Waals surface area contributed by atoms with Crippen molar-refractivity contribution >= 4 is 16.9 Å². The van der Waals surface area contributed by atoms with Crippen LogP contribution in [0.2, 0.25) is 0 Å². The minimum Gasteiger partial charge on any atom is -0.391 e. The lowest BCUT2D eigenvalue weighted by atomic mass is 10.0. The number of hydrogen-bond acceptors (Lipinski definition) is 5. The normalized spacial score (nSPS) is 38.5. The number of fused-ring (bicyclic) bond motifs is 1. The Hall–Kier alpha value is -0.260. The molecule has 5 heteroatoms. The molecule has 96 valence electrons. The number of amidine groups is 1. The first-order valence-corrected chi connectivity index (χ1v) is 7.42. The van der Waals surface area contributed by atoms with Crippen molar-refractivity contribution in [3.05, 3.63) is 0 Å². The number of ether oxygens (including phenoxy) is 1. The van der Waals surface area contributed by atoms with Crippen molar-refractivity contribution in [2.75, 3.05) is 6.54 Å². The first-order chi connectivity index (χ1) is 8.22. The summed E-state index contributed by atoms with van der Waals surface area (Å²) in [4.78, 5) is 4.67. The molecule has 0 amide bonds. The van der Waals surface area contributed by atoms with Crippen LogP contribution in [0, 0.1) is 5.92 Å². The van der Waals surface area contributed by atoms with E-state index in [0.29, 0.717) is 0 Å². The van der Waals surface area contributed by atoms with Gasteiger partial charge in [0.1, 0.15) is 5.44 Å². The molecule has 1 saturated carbocycles. The van der Waals surface area contributed by atoms with Gasteiger partial charge in [-0.3, -0.25) is 4.99 Å². The van der Waals surface area contributed by atoms with Crippen molar-refractivity contribution in [3.8, 4) is 0 Å². The number of aliphatic imine (C=N–C) groups is 1. The zero-order valence-electron chi connectivity index (χ0n) is 10.1. The molecular weight excluding hydrogens is 236 g/mol. The first-order valence-electron chi connectivity index (χ1n) is 6.54. The molecule has 1 aliphatic carbocycles. The fourth-order valence-corrected chi connectivity index (χ4v) is 3.46. The Morgan fingerprint density at radius 2 is 2.29 bits per heavy atom. The van der Waals surface area contributed by atoms with E-state index in [2.05, 4.69) is 10.3 Å². The third-order valence-electron chi connectivity index (χ3n) is 3.66. The third kappa shape index (κ3) is 2.77. The van der Waals surface area contributed by atoms with Crippen LogP contribution < -0.4 is 5.32 Å². The number of nitrogens with zero attached hydrogens (tertiary/aromatic N) is 1. The summed E-state index contributed by atoms with van der Waals surface area (Å²) in [6, 6.07) is 0.289. The van der Waals surface area contributed by atoms with Crippen LogP contribution in [0.4, 0.5) is 0 Å². The molecule has 3 aliphatic rings. The Kier molecular flexibility index (Phi) is 3.32. The van der Waals surface area contributed by atoms with Gasteiger partial charge in [-0.05, 0) is 38.5 Å². The van der Waals surface area contributed by atoms with E-state index in [1.54, 1.807) is 18.7 Å². The van der Waals surface area contributed by atoms with Gasteiger partial charge in [-0.2, -0.15) is 0 Å². The molecule has 4 nitrogen and oxygen atoms in total. The molecule has 4 atom stereocenters. The predicted molar refractivity (Wildman–Crippen MR) is 69.1 cm³/mol. The van der Waals surface area contributed by atoms with Gasteiger partial charge in [-0.25, -0.2) is 0 Å². The van der Waals surface area contributed by atoms with E-state index in [9.17, 15) is 5.11 Å². The second-order valence-electron chi connectivity index (χ2n) is 5.30. The summed E-state index contributed by atoms with van der Waals surface area (Å²) >= 11 is 1.69. The van der Waals surface area contributed by atoms with E-state index in [1.165, 1.54) is 12.8 Å². The lowest BCUT2D eigenvalue weighted by Crippen LogP contribution is -2.39. The maximum absolute atomic E-state index is 9.56. The van der Waals surface area contributed by atoms with E-state index in [4.69, 9.17) is 4.74 Å². The third-order valence-corrected chi connectivity index (χ3v) is 4.79. The second kappa shape index (κ2) is 4.78. The van der Waals surface area contributed by atoms with Crippen LogP contribution in [0.5, 0.6) is 0 Å². The van der Waals surface area contributed by atoms with E-state index < -0.39 is 0 Å². The summed E-state index contributed by atoms with van der Waals surface area (Å²) in [5.74, 6) is 0.868. The number of thioether (sulfide) groups is 1. The van der Waals surface area contributed by atoms with Gasteiger partial charge in [-0.1, -0.05) is 11.8 Å². The molecule has 2 heterocycles. The fraction of sp³-hybridized carbons (Fsp3) is 0.917. The van der Waals surface area contributed by atoms with Crippen molar-refractivity contribution < 1.29 is 9.84 Å². The fourth-order valence-electron chi connectivity index (χ4n) is 2.32. The molecule has 1 saturated heterocycles. The van der Waals surface area contributed by atoms with Crippen LogP contribution in [0.1, 0.15) is 32.6 Å². The summed E-state index contributed by atoms with van der Waals surface area (Å²) in [5, 5.41) is 14.0. The highest BCUT2D eigenvalue weighted by Gasteiger charge is 2.38. The number of hydrogen-bond donors (Lipinski definition) is 2. The van der Waals surface area contributed by atoms with Crippen LogP contribution in [-0.2, 0) is 4.74 Å². The molecule has 0 spiro atoms. The van der Waals surface area contributed by atoms with Crippen LogP contribution >= 0.6 is 11.8 Å². The van der Waals surface area contributed by atoms with Crippen molar-refractivity contribution in [3.63, 3.8) is 0 Å². The Labute approximate surface area is 106 Å². The highest BCUT2D eigenvalue weighted by molar-refractivity contribution is 8.14. The van der Waals surface area contributed by atoms with Crippen molar-refractivity contribution in [1.82, 2.24) is 5.32 Å². The summed E-state index contributed by atoms with van der Waals surface area (Å²) in [5.41, 5.74) is 0.116. The molecule has 0 radical (unpaired) electrons. The van der Waals surface area contributed by atoms with Gasteiger partial charge in [-0.15, -0.1) is 0 Å². The predicted octanol–water partition coefficient (Wildman–Crippen LogP) is 1.34. The molecule has 3 rings (SSSR count).